The lowest BCUT2D eigenvalue weighted by atomic mass is 10.0. The van der Waals surface area contributed by atoms with E-state index in [4.69, 9.17) is 9.47 Å². The lowest BCUT2D eigenvalue weighted by molar-refractivity contribution is 0.0497. The van der Waals surface area contributed by atoms with Gasteiger partial charge in [-0.3, -0.25) is 4.79 Å². The van der Waals surface area contributed by atoms with Gasteiger partial charge in [0.2, 0.25) is 0 Å². The summed E-state index contributed by atoms with van der Waals surface area (Å²) in [4.78, 5) is 15.9. The van der Waals surface area contributed by atoms with E-state index < -0.39 is 9.84 Å². The number of nitrogens with one attached hydrogen (secondary N) is 1. The highest BCUT2D eigenvalue weighted by Crippen LogP contribution is 2.24. The molecule has 0 radical (unpaired) electrons. The molecule has 30 heavy (non-hydrogen) atoms. The molecule has 6 nitrogen and oxygen atoms in total. The van der Waals surface area contributed by atoms with Crippen LogP contribution in [0.1, 0.15) is 24.1 Å². The smallest absolute Gasteiger partial charge is 0.192 e. The van der Waals surface area contributed by atoms with Crippen LogP contribution in [0, 0.1) is 12.8 Å². The molecule has 0 bridgehead atoms. The first kappa shape index (κ1) is 20.6. The van der Waals surface area contributed by atoms with E-state index in [0.717, 1.165) is 26.1 Å². The number of aromatic nitrogens is 1. The number of ether oxygens (including phenoxy) is 2. The van der Waals surface area contributed by atoms with Crippen molar-refractivity contribution in [2.45, 2.75) is 30.4 Å². The average molecular weight is 428 g/mol. The molecule has 0 amide bonds. The summed E-state index contributed by atoms with van der Waals surface area (Å²) in [6.45, 7) is 3.69. The summed E-state index contributed by atoms with van der Waals surface area (Å²) >= 11 is 0. The fourth-order valence-electron chi connectivity index (χ4n) is 3.69. The SMILES string of the molecule is Cc1c(CS(=O)(=O)c2cccc(OCC3CCOCC3)c2)[nH]c2ccccc2c1=O. The molecule has 0 aliphatic carbocycles. The molecule has 1 fully saturated rings. The lowest BCUT2D eigenvalue weighted by Crippen LogP contribution is -2.21. The molecule has 1 N–H and O–H groups in total. The summed E-state index contributed by atoms with van der Waals surface area (Å²) in [6, 6.07) is 13.7. The van der Waals surface area contributed by atoms with E-state index in [1.165, 1.54) is 0 Å². The van der Waals surface area contributed by atoms with E-state index in [0.29, 0.717) is 40.4 Å². The molecule has 7 heteroatoms. The van der Waals surface area contributed by atoms with Crippen LogP contribution >= 0.6 is 0 Å². The predicted octanol–water partition coefficient (Wildman–Crippen LogP) is 3.62. The van der Waals surface area contributed by atoms with Crippen molar-refractivity contribution in [2.24, 2.45) is 5.92 Å². The minimum absolute atomic E-state index is 0.150. The van der Waals surface area contributed by atoms with E-state index in [1.54, 1.807) is 49.4 Å². The molecule has 0 saturated carbocycles. The number of hydrogen-bond donors (Lipinski definition) is 1. The minimum Gasteiger partial charge on any atom is -0.493 e. The number of fused-ring (bicyclic) bond motifs is 1. The van der Waals surface area contributed by atoms with Gasteiger partial charge in [0.25, 0.3) is 0 Å². The molecule has 1 saturated heterocycles. The van der Waals surface area contributed by atoms with Crippen LogP contribution in [0.3, 0.4) is 0 Å². The molecule has 0 atom stereocenters. The van der Waals surface area contributed by atoms with Crippen LogP contribution in [-0.4, -0.2) is 33.2 Å². The monoisotopic (exact) mass is 427 g/mol. The summed E-state index contributed by atoms with van der Waals surface area (Å²) in [7, 11) is -3.66. The molecule has 2 aromatic carbocycles. The summed E-state index contributed by atoms with van der Waals surface area (Å²) in [6.07, 6.45) is 1.90. The fraction of sp³-hybridized carbons (Fsp3) is 0.348. The first-order chi connectivity index (χ1) is 14.4. The fourth-order valence-corrected chi connectivity index (χ4v) is 5.10. The third kappa shape index (κ3) is 4.42. The Morgan fingerprint density at radius 3 is 2.67 bits per heavy atom. The van der Waals surface area contributed by atoms with Crippen molar-refractivity contribution in [2.75, 3.05) is 19.8 Å². The van der Waals surface area contributed by atoms with Gasteiger partial charge in [0.05, 0.1) is 17.3 Å². The van der Waals surface area contributed by atoms with Crippen molar-refractivity contribution in [3.8, 4) is 5.75 Å². The molecule has 0 unspecified atom stereocenters. The second kappa shape index (κ2) is 8.62. The number of sulfone groups is 1. The highest BCUT2D eigenvalue weighted by molar-refractivity contribution is 7.90. The van der Waals surface area contributed by atoms with Crippen molar-refractivity contribution >= 4 is 20.7 Å². The van der Waals surface area contributed by atoms with Crippen LogP contribution in [0.15, 0.2) is 58.2 Å². The zero-order valence-corrected chi connectivity index (χ0v) is 17.7. The summed E-state index contributed by atoms with van der Waals surface area (Å²) in [5.41, 5.74) is 1.31. The third-order valence-corrected chi connectivity index (χ3v) is 7.22. The van der Waals surface area contributed by atoms with Crippen LogP contribution in [-0.2, 0) is 20.3 Å². The molecule has 3 aromatic rings. The van der Waals surface area contributed by atoms with Gasteiger partial charge in [-0.25, -0.2) is 8.42 Å². The molecule has 4 rings (SSSR count). The van der Waals surface area contributed by atoms with Crippen molar-refractivity contribution in [3.63, 3.8) is 0 Å². The van der Waals surface area contributed by atoms with Gasteiger partial charge in [-0.05, 0) is 56.0 Å². The van der Waals surface area contributed by atoms with Crippen LogP contribution in [0.4, 0.5) is 0 Å². The summed E-state index contributed by atoms with van der Waals surface area (Å²) in [5.74, 6) is 0.679. The molecular weight excluding hydrogens is 402 g/mol. The van der Waals surface area contributed by atoms with E-state index in [2.05, 4.69) is 4.98 Å². The Morgan fingerprint density at radius 1 is 1.10 bits per heavy atom. The van der Waals surface area contributed by atoms with Gasteiger partial charge < -0.3 is 14.5 Å². The number of pyridine rings is 1. The van der Waals surface area contributed by atoms with Crippen molar-refractivity contribution < 1.29 is 17.9 Å². The van der Waals surface area contributed by atoms with Gasteiger partial charge in [0, 0.05) is 35.4 Å². The number of hydrogen-bond acceptors (Lipinski definition) is 5. The van der Waals surface area contributed by atoms with Gasteiger partial charge >= 0.3 is 0 Å². The maximum absolute atomic E-state index is 13.1. The standard InChI is InChI=1S/C23H25NO5S/c1-16-22(24-21-8-3-2-7-20(21)23(16)25)15-30(26,27)19-6-4-5-18(13-19)29-14-17-9-11-28-12-10-17/h2-8,13,17H,9-12,14-15H2,1H3,(H,24,25). The first-order valence-corrected chi connectivity index (χ1v) is 11.7. The highest BCUT2D eigenvalue weighted by atomic mass is 32.2. The van der Waals surface area contributed by atoms with Crippen LogP contribution < -0.4 is 10.2 Å². The lowest BCUT2D eigenvalue weighted by Gasteiger charge is -2.22. The van der Waals surface area contributed by atoms with Crippen molar-refractivity contribution in [1.82, 2.24) is 4.98 Å². The Labute approximate surface area is 175 Å². The summed E-state index contributed by atoms with van der Waals surface area (Å²) in [5, 5.41) is 0.555. The first-order valence-electron chi connectivity index (χ1n) is 10.1. The Hall–Kier alpha value is -2.64. The second-order valence-electron chi connectivity index (χ2n) is 7.70. The number of aromatic amines is 1. The third-order valence-electron chi connectivity index (χ3n) is 5.58. The number of rotatable bonds is 6. The molecule has 158 valence electrons. The number of H-pyrrole nitrogens is 1. The molecule has 2 heterocycles. The van der Waals surface area contributed by atoms with Gasteiger partial charge in [-0.2, -0.15) is 0 Å². The molecule has 1 aliphatic rings. The van der Waals surface area contributed by atoms with Gasteiger partial charge in [0.15, 0.2) is 15.3 Å². The van der Waals surface area contributed by atoms with Crippen LogP contribution in [0.5, 0.6) is 5.75 Å². The summed E-state index contributed by atoms with van der Waals surface area (Å²) < 4.78 is 37.3. The van der Waals surface area contributed by atoms with Crippen LogP contribution in [0.25, 0.3) is 10.9 Å². The van der Waals surface area contributed by atoms with E-state index in [-0.39, 0.29) is 16.1 Å². The Bertz CT molecular complexity index is 1210. The van der Waals surface area contributed by atoms with E-state index in [1.807, 2.05) is 6.07 Å². The Kier molecular flexibility index (Phi) is 5.92. The van der Waals surface area contributed by atoms with E-state index in [9.17, 15) is 13.2 Å². The molecular formula is C23H25NO5S. The predicted molar refractivity (Wildman–Crippen MR) is 116 cm³/mol. The van der Waals surface area contributed by atoms with Crippen molar-refractivity contribution in [3.05, 3.63) is 70.0 Å². The minimum atomic E-state index is -3.66. The zero-order chi connectivity index (χ0) is 21.1. The molecule has 0 spiro atoms. The highest BCUT2D eigenvalue weighted by Gasteiger charge is 2.20. The average Bonchev–Trinajstić information content (AvgIpc) is 2.77. The number of para-hydroxylation sites is 1. The second-order valence-corrected chi connectivity index (χ2v) is 9.69. The van der Waals surface area contributed by atoms with Crippen LogP contribution in [0.2, 0.25) is 0 Å². The zero-order valence-electron chi connectivity index (χ0n) is 16.9. The molecule has 1 aromatic heterocycles. The van der Waals surface area contributed by atoms with Gasteiger partial charge in [-0.15, -0.1) is 0 Å². The quantitative estimate of drug-likeness (QED) is 0.649. The largest absolute Gasteiger partial charge is 0.493 e. The molecule has 1 aliphatic heterocycles. The van der Waals surface area contributed by atoms with Gasteiger partial charge in [0.1, 0.15) is 5.75 Å². The van der Waals surface area contributed by atoms with Crippen molar-refractivity contribution in [1.29, 1.82) is 0 Å². The normalized spacial score (nSPS) is 15.4. The van der Waals surface area contributed by atoms with E-state index >= 15 is 0 Å². The maximum Gasteiger partial charge on any atom is 0.192 e. The Morgan fingerprint density at radius 2 is 1.87 bits per heavy atom. The number of benzene rings is 2. The Balaban J connectivity index is 1.56. The van der Waals surface area contributed by atoms with Gasteiger partial charge in [-0.1, -0.05) is 18.2 Å². The topological polar surface area (TPSA) is 85.5 Å². The maximum atomic E-state index is 13.1.